The Hall–Kier alpha value is -0.840. The van der Waals surface area contributed by atoms with E-state index in [9.17, 15) is 19.7 Å². The molecule has 0 aliphatic carbocycles. The number of benzene rings is 1. The van der Waals surface area contributed by atoms with Crippen molar-refractivity contribution in [3.63, 3.8) is 0 Å². The summed E-state index contributed by atoms with van der Waals surface area (Å²) in [4.78, 5) is 0. The lowest BCUT2D eigenvalue weighted by Gasteiger charge is -2.18. The average molecular weight is 235 g/mol. The molecular formula is C10H12ClFO3. The maximum absolute atomic E-state index is 12.9. The van der Waals surface area contributed by atoms with Crippen LogP contribution in [0.15, 0.2) is 18.2 Å². The van der Waals surface area contributed by atoms with Gasteiger partial charge in [-0.05, 0) is 12.5 Å². The predicted octanol–water partition coefficient (Wildman–Crippen LogP) is 1.55. The molecule has 0 radical (unpaired) electrons. The molecular weight excluding hydrogens is 223 g/mol. The fourth-order valence-electron chi connectivity index (χ4n) is 1.25. The highest BCUT2D eigenvalue weighted by Crippen LogP contribution is 2.29. The van der Waals surface area contributed by atoms with Gasteiger partial charge in [0.25, 0.3) is 0 Å². The van der Waals surface area contributed by atoms with Crippen LogP contribution >= 0.6 is 11.6 Å². The fourth-order valence-corrected chi connectivity index (χ4v) is 1.47. The van der Waals surface area contributed by atoms with E-state index in [4.69, 9.17) is 11.6 Å². The van der Waals surface area contributed by atoms with E-state index in [0.29, 0.717) is 0 Å². The van der Waals surface area contributed by atoms with Crippen LogP contribution in [0.2, 0.25) is 0 Å². The Morgan fingerprint density at radius 2 is 2.00 bits per heavy atom. The van der Waals surface area contributed by atoms with Gasteiger partial charge in [-0.15, -0.1) is 11.6 Å². The third kappa shape index (κ3) is 2.81. The van der Waals surface area contributed by atoms with Gasteiger partial charge in [0.15, 0.2) is 11.6 Å². The van der Waals surface area contributed by atoms with Gasteiger partial charge >= 0.3 is 0 Å². The third-order valence-corrected chi connectivity index (χ3v) is 2.32. The summed E-state index contributed by atoms with van der Waals surface area (Å²) in [6, 6.07) is 3.76. The highest BCUT2D eigenvalue weighted by atomic mass is 35.5. The number of rotatable bonds is 4. The zero-order valence-electron chi connectivity index (χ0n) is 7.90. The molecule has 15 heavy (non-hydrogen) atoms. The smallest absolute Gasteiger partial charge is 0.165 e. The van der Waals surface area contributed by atoms with E-state index < -0.39 is 23.8 Å². The van der Waals surface area contributed by atoms with Gasteiger partial charge in [0.1, 0.15) is 6.10 Å². The molecule has 3 N–H and O–H groups in total. The standard InChI is InChI=1S/C10H12ClFO3/c11-5-4-8(13)10(15)6-2-1-3-7(12)9(6)14/h1-3,8,10,13-15H,4-5H2. The van der Waals surface area contributed by atoms with E-state index in [2.05, 4.69) is 0 Å². The van der Waals surface area contributed by atoms with Crippen molar-refractivity contribution in [3.8, 4) is 5.75 Å². The van der Waals surface area contributed by atoms with Crippen molar-refractivity contribution in [2.45, 2.75) is 18.6 Å². The molecule has 0 saturated heterocycles. The second-order valence-corrected chi connectivity index (χ2v) is 3.55. The highest BCUT2D eigenvalue weighted by molar-refractivity contribution is 6.17. The van der Waals surface area contributed by atoms with Crippen LogP contribution in [0.25, 0.3) is 0 Å². The number of hydrogen-bond donors (Lipinski definition) is 3. The molecule has 5 heteroatoms. The van der Waals surface area contributed by atoms with Gasteiger partial charge in [-0.25, -0.2) is 4.39 Å². The fraction of sp³-hybridized carbons (Fsp3) is 0.400. The molecule has 0 bridgehead atoms. The topological polar surface area (TPSA) is 60.7 Å². The molecule has 0 heterocycles. The summed E-state index contributed by atoms with van der Waals surface area (Å²) < 4.78 is 12.9. The Morgan fingerprint density at radius 3 is 2.60 bits per heavy atom. The van der Waals surface area contributed by atoms with Crippen molar-refractivity contribution in [1.29, 1.82) is 0 Å². The van der Waals surface area contributed by atoms with E-state index in [1.165, 1.54) is 12.1 Å². The maximum Gasteiger partial charge on any atom is 0.165 e. The van der Waals surface area contributed by atoms with Gasteiger partial charge in [0.2, 0.25) is 0 Å². The molecule has 1 aromatic rings. The normalized spacial score (nSPS) is 14.9. The molecule has 2 unspecified atom stereocenters. The maximum atomic E-state index is 12.9. The number of phenolic OH excluding ortho intramolecular Hbond substituents is 1. The summed E-state index contributed by atoms with van der Waals surface area (Å²) >= 11 is 5.39. The summed E-state index contributed by atoms with van der Waals surface area (Å²) in [5.41, 5.74) is -0.0346. The Bertz CT molecular complexity index is 332. The lowest BCUT2D eigenvalue weighted by atomic mass is 10.0. The lowest BCUT2D eigenvalue weighted by molar-refractivity contribution is 0.0154. The molecule has 0 amide bonds. The first-order valence-corrected chi connectivity index (χ1v) is 5.01. The number of hydrogen-bond acceptors (Lipinski definition) is 3. The third-order valence-electron chi connectivity index (χ3n) is 2.11. The first kappa shape index (κ1) is 12.2. The molecule has 1 rings (SSSR count). The summed E-state index contributed by atoms with van der Waals surface area (Å²) in [5.74, 6) is -1.29. The summed E-state index contributed by atoms with van der Waals surface area (Å²) in [5, 5.41) is 28.3. The zero-order chi connectivity index (χ0) is 11.4. The SMILES string of the molecule is Oc1c(F)cccc1C(O)C(O)CCCl. The van der Waals surface area contributed by atoms with Crippen molar-refractivity contribution >= 4 is 11.6 Å². The van der Waals surface area contributed by atoms with Crippen molar-refractivity contribution in [2.24, 2.45) is 0 Å². The van der Waals surface area contributed by atoms with E-state index in [1.54, 1.807) is 0 Å². The van der Waals surface area contributed by atoms with Gasteiger partial charge in [-0.2, -0.15) is 0 Å². The minimum Gasteiger partial charge on any atom is -0.505 e. The van der Waals surface area contributed by atoms with Crippen molar-refractivity contribution < 1.29 is 19.7 Å². The molecule has 2 atom stereocenters. The molecule has 0 aliphatic rings. The molecule has 0 saturated carbocycles. The largest absolute Gasteiger partial charge is 0.505 e. The first-order valence-electron chi connectivity index (χ1n) is 4.47. The van der Waals surface area contributed by atoms with Crippen molar-refractivity contribution in [2.75, 3.05) is 5.88 Å². The van der Waals surface area contributed by atoms with E-state index in [-0.39, 0.29) is 17.9 Å². The number of para-hydroxylation sites is 1. The molecule has 0 aromatic heterocycles. The summed E-state index contributed by atoms with van der Waals surface area (Å²) in [6.45, 7) is 0. The second-order valence-electron chi connectivity index (χ2n) is 3.17. The monoisotopic (exact) mass is 234 g/mol. The number of alkyl halides is 1. The van der Waals surface area contributed by atoms with Gasteiger partial charge in [-0.1, -0.05) is 12.1 Å². The lowest BCUT2D eigenvalue weighted by Crippen LogP contribution is -2.18. The quantitative estimate of drug-likeness (QED) is 0.693. The van der Waals surface area contributed by atoms with Gasteiger partial charge < -0.3 is 15.3 Å². The van der Waals surface area contributed by atoms with Gasteiger partial charge in [-0.3, -0.25) is 0 Å². The average Bonchev–Trinajstić information content (AvgIpc) is 2.21. The van der Waals surface area contributed by atoms with Crippen LogP contribution in [0, 0.1) is 5.82 Å². The Balaban J connectivity index is 2.90. The predicted molar refractivity (Wildman–Crippen MR) is 54.4 cm³/mol. The molecule has 1 aromatic carbocycles. The van der Waals surface area contributed by atoms with Crippen LogP contribution in [0.3, 0.4) is 0 Å². The molecule has 0 aliphatic heterocycles. The minimum atomic E-state index is -1.33. The molecule has 84 valence electrons. The van der Waals surface area contributed by atoms with Crippen LogP contribution in [0.4, 0.5) is 4.39 Å². The van der Waals surface area contributed by atoms with Crippen LogP contribution in [0.5, 0.6) is 5.75 Å². The molecule has 3 nitrogen and oxygen atoms in total. The van der Waals surface area contributed by atoms with Crippen LogP contribution in [0.1, 0.15) is 18.1 Å². The van der Waals surface area contributed by atoms with Crippen LogP contribution in [-0.4, -0.2) is 27.3 Å². The minimum absolute atomic E-state index is 0.0346. The first-order chi connectivity index (χ1) is 7.07. The highest BCUT2D eigenvalue weighted by Gasteiger charge is 2.22. The Kier molecular flexibility index (Phi) is 4.32. The van der Waals surface area contributed by atoms with E-state index >= 15 is 0 Å². The Morgan fingerprint density at radius 1 is 1.33 bits per heavy atom. The number of phenols is 1. The summed E-state index contributed by atoms with van der Waals surface area (Å²) in [6.07, 6.45) is -2.28. The summed E-state index contributed by atoms with van der Waals surface area (Å²) in [7, 11) is 0. The van der Waals surface area contributed by atoms with Crippen molar-refractivity contribution in [1.82, 2.24) is 0 Å². The van der Waals surface area contributed by atoms with Crippen LogP contribution < -0.4 is 0 Å². The molecule has 0 fully saturated rings. The van der Waals surface area contributed by atoms with Crippen molar-refractivity contribution in [3.05, 3.63) is 29.6 Å². The number of aliphatic hydroxyl groups excluding tert-OH is 2. The second kappa shape index (κ2) is 5.30. The van der Waals surface area contributed by atoms with E-state index in [1.807, 2.05) is 0 Å². The van der Waals surface area contributed by atoms with Crippen LogP contribution in [-0.2, 0) is 0 Å². The van der Waals surface area contributed by atoms with Gasteiger partial charge in [0, 0.05) is 11.4 Å². The van der Waals surface area contributed by atoms with E-state index in [0.717, 1.165) is 6.07 Å². The number of aliphatic hydroxyl groups is 2. The molecule has 0 spiro atoms. The number of aromatic hydroxyl groups is 1. The number of halogens is 2. The zero-order valence-corrected chi connectivity index (χ0v) is 8.65. The van der Waals surface area contributed by atoms with Gasteiger partial charge in [0.05, 0.1) is 6.10 Å². The Labute approximate surface area is 91.7 Å².